The first kappa shape index (κ1) is 19.8. The molecule has 0 atom stereocenters. The minimum Gasteiger partial charge on any atom is -0.495 e. The maximum absolute atomic E-state index is 13.2. The van der Waals surface area contributed by atoms with Gasteiger partial charge in [0, 0.05) is 18.7 Å². The lowest BCUT2D eigenvalue weighted by atomic mass is 9.92. The number of rotatable bonds is 5. The van der Waals surface area contributed by atoms with Crippen LogP contribution in [0.3, 0.4) is 0 Å². The van der Waals surface area contributed by atoms with Gasteiger partial charge in [-0.2, -0.15) is 0 Å². The Morgan fingerprint density at radius 2 is 1.72 bits per heavy atom. The van der Waals surface area contributed by atoms with E-state index in [-0.39, 0.29) is 10.8 Å². The number of hydrogen-bond acceptors (Lipinski definition) is 4. The lowest BCUT2D eigenvalue weighted by Crippen LogP contribution is -2.24. The van der Waals surface area contributed by atoms with Crippen LogP contribution >= 0.6 is 0 Å². The summed E-state index contributed by atoms with van der Waals surface area (Å²) in [7, 11) is -2.34. The number of carbonyl (C=O) groups excluding carboxylic acids is 1. The molecule has 0 saturated carbocycles. The Morgan fingerprint density at radius 3 is 2.38 bits per heavy atom. The van der Waals surface area contributed by atoms with Gasteiger partial charge in [-0.1, -0.05) is 6.07 Å². The van der Waals surface area contributed by atoms with Crippen molar-refractivity contribution in [2.24, 2.45) is 0 Å². The third-order valence-corrected chi connectivity index (χ3v) is 7.15. The highest BCUT2D eigenvalue weighted by Gasteiger charge is 2.26. The van der Waals surface area contributed by atoms with Gasteiger partial charge in [0.05, 0.1) is 12.8 Å². The zero-order valence-electron chi connectivity index (χ0n) is 16.8. The number of hydrogen-bond donors (Lipinski definition) is 1. The van der Waals surface area contributed by atoms with Crippen LogP contribution in [-0.2, 0) is 27.7 Å². The van der Waals surface area contributed by atoms with Crippen LogP contribution < -0.4 is 14.4 Å². The molecule has 0 aromatic heterocycles. The lowest BCUT2D eigenvalue weighted by molar-refractivity contribution is -0.117. The second-order valence-corrected chi connectivity index (χ2v) is 9.39. The number of sulfonamides is 1. The Balaban J connectivity index is 1.68. The molecule has 7 heteroatoms. The maximum Gasteiger partial charge on any atom is 0.265 e. The van der Waals surface area contributed by atoms with Crippen molar-refractivity contribution in [2.45, 2.75) is 50.3 Å². The molecule has 2 aliphatic rings. The maximum atomic E-state index is 13.2. The van der Waals surface area contributed by atoms with E-state index in [1.165, 1.54) is 7.11 Å². The molecular weight excluding hydrogens is 388 g/mol. The van der Waals surface area contributed by atoms with Crippen molar-refractivity contribution in [3.8, 4) is 5.75 Å². The van der Waals surface area contributed by atoms with Crippen molar-refractivity contribution in [2.75, 3.05) is 23.3 Å². The molecule has 1 saturated heterocycles. The third kappa shape index (κ3) is 3.83. The van der Waals surface area contributed by atoms with Crippen LogP contribution in [0.15, 0.2) is 35.2 Å². The zero-order valence-corrected chi connectivity index (χ0v) is 17.6. The molecule has 1 amide bonds. The summed E-state index contributed by atoms with van der Waals surface area (Å²) in [6.07, 6.45) is 5.36. The Bertz CT molecular complexity index is 1060. The van der Waals surface area contributed by atoms with Gasteiger partial charge in [0.25, 0.3) is 10.0 Å². The monoisotopic (exact) mass is 414 g/mol. The fourth-order valence-corrected chi connectivity index (χ4v) is 5.44. The summed E-state index contributed by atoms with van der Waals surface area (Å²) in [5, 5.41) is 0. The van der Waals surface area contributed by atoms with Gasteiger partial charge in [-0.25, -0.2) is 8.42 Å². The van der Waals surface area contributed by atoms with E-state index in [0.29, 0.717) is 24.4 Å². The fraction of sp³-hybridized carbons (Fsp3) is 0.409. The molecule has 6 nitrogen and oxygen atoms in total. The highest BCUT2D eigenvalue weighted by Crippen LogP contribution is 2.34. The van der Waals surface area contributed by atoms with E-state index in [2.05, 4.69) is 4.72 Å². The summed E-state index contributed by atoms with van der Waals surface area (Å²) in [4.78, 5) is 14.0. The van der Waals surface area contributed by atoms with Gasteiger partial charge in [-0.05, 0) is 80.0 Å². The van der Waals surface area contributed by atoms with Crippen molar-refractivity contribution in [3.63, 3.8) is 0 Å². The predicted molar refractivity (Wildman–Crippen MR) is 113 cm³/mol. The van der Waals surface area contributed by atoms with Crippen LogP contribution in [0.2, 0.25) is 0 Å². The van der Waals surface area contributed by atoms with Crippen molar-refractivity contribution in [1.82, 2.24) is 0 Å². The number of amides is 1. The molecule has 1 N–H and O–H groups in total. The first-order chi connectivity index (χ1) is 13.9. The molecule has 1 aliphatic carbocycles. The largest absolute Gasteiger partial charge is 0.495 e. The average molecular weight is 415 g/mol. The second kappa shape index (κ2) is 7.71. The molecule has 0 bridgehead atoms. The van der Waals surface area contributed by atoms with E-state index < -0.39 is 10.0 Å². The van der Waals surface area contributed by atoms with E-state index in [4.69, 9.17) is 4.74 Å². The number of fused-ring (bicyclic) bond motifs is 1. The first-order valence-electron chi connectivity index (χ1n) is 10.0. The topological polar surface area (TPSA) is 75.7 Å². The van der Waals surface area contributed by atoms with Crippen LogP contribution in [0.5, 0.6) is 5.75 Å². The number of aryl methyl sites for hydroxylation is 3. The molecular formula is C22H26N2O4S. The predicted octanol–water partition coefficient (Wildman–Crippen LogP) is 3.81. The van der Waals surface area contributed by atoms with Crippen LogP contribution in [0.4, 0.5) is 11.4 Å². The number of methoxy groups -OCH3 is 1. The zero-order chi connectivity index (χ0) is 20.6. The van der Waals surface area contributed by atoms with Crippen molar-refractivity contribution >= 4 is 27.3 Å². The molecule has 1 fully saturated rings. The number of anilines is 2. The Hall–Kier alpha value is -2.54. The standard InChI is InChI=1S/C22H26N2O4S/c1-15-9-10-18(14-19(15)24-11-5-8-22(24)25)23-29(26,27)21-13-17-7-4-3-6-16(17)12-20(21)28-2/h9-10,12-14,23H,3-8,11H2,1-2H3. The molecule has 154 valence electrons. The van der Waals surface area contributed by atoms with Gasteiger partial charge in [0.15, 0.2) is 0 Å². The Kier molecular flexibility index (Phi) is 5.25. The molecule has 2 aromatic carbocycles. The number of ether oxygens (including phenoxy) is 1. The molecule has 4 rings (SSSR count). The summed E-state index contributed by atoms with van der Waals surface area (Å²) in [5.41, 5.74) is 4.37. The molecule has 1 aliphatic heterocycles. The third-order valence-electron chi connectivity index (χ3n) is 5.74. The summed E-state index contributed by atoms with van der Waals surface area (Å²) in [6.45, 7) is 2.58. The lowest BCUT2D eigenvalue weighted by Gasteiger charge is -2.21. The molecule has 0 radical (unpaired) electrons. The summed E-state index contributed by atoms with van der Waals surface area (Å²) >= 11 is 0. The molecule has 0 unspecified atom stereocenters. The quantitative estimate of drug-likeness (QED) is 0.807. The molecule has 29 heavy (non-hydrogen) atoms. The van der Waals surface area contributed by atoms with E-state index >= 15 is 0 Å². The normalized spacial score (nSPS) is 16.6. The minimum atomic E-state index is -3.83. The molecule has 2 aromatic rings. The molecule has 1 heterocycles. The van der Waals surface area contributed by atoms with E-state index in [1.807, 2.05) is 19.1 Å². The number of carbonyl (C=O) groups is 1. The van der Waals surface area contributed by atoms with Gasteiger partial charge in [0.1, 0.15) is 10.6 Å². The summed E-state index contributed by atoms with van der Waals surface area (Å²) in [6, 6.07) is 8.90. The highest BCUT2D eigenvalue weighted by molar-refractivity contribution is 7.92. The number of benzene rings is 2. The Labute approximate surface area is 171 Å². The van der Waals surface area contributed by atoms with E-state index in [1.54, 1.807) is 23.1 Å². The van der Waals surface area contributed by atoms with Gasteiger partial charge < -0.3 is 9.64 Å². The van der Waals surface area contributed by atoms with Crippen LogP contribution in [0.1, 0.15) is 42.4 Å². The Morgan fingerprint density at radius 1 is 1.00 bits per heavy atom. The average Bonchev–Trinajstić information content (AvgIpc) is 3.14. The van der Waals surface area contributed by atoms with E-state index in [9.17, 15) is 13.2 Å². The molecule has 0 spiro atoms. The van der Waals surface area contributed by atoms with Crippen molar-refractivity contribution < 1.29 is 17.9 Å². The van der Waals surface area contributed by atoms with Crippen LogP contribution in [0.25, 0.3) is 0 Å². The first-order valence-corrected chi connectivity index (χ1v) is 11.5. The summed E-state index contributed by atoms with van der Waals surface area (Å²) in [5.74, 6) is 0.435. The van der Waals surface area contributed by atoms with Crippen molar-refractivity contribution in [1.29, 1.82) is 0 Å². The van der Waals surface area contributed by atoms with Crippen LogP contribution in [-0.4, -0.2) is 28.0 Å². The smallest absolute Gasteiger partial charge is 0.265 e. The fourth-order valence-electron chi connectivity index (χ4n) is 4.19. The van der Waals surface area contributed by atoms with Crippen molar-refractivity contribution in [3.05, 3.63) is 47.0 Å². The van der Waals surface area contributed by atoms with Gasteiger partial charge >= 0.3 is 0 Å². The van der Waals surface area contributed by atoms with Crippen LogP contribution in [0, 0.1) is 6.92 Å². The second-order valence-electron chi connectivity index (χ2n) is 7.73. The van der Waals surface area contributed by atoms with Gasteiger partial charge in [0.2, 0.25) is 5.91 Å². The SMILES string of the molecule is COc1cc2c(cc1S(=O)(=O)Nc1ccc(C)c(N3CCCC3=O)c1)CCCC2. The number of nitrogens with zero attached hydrogens (tertiary/aromatic N) is 1. The van der Waals surface area contributed by atoms with Gasteiger partial charge in [-0.15, -0.1) is 0 Å². The van der Waals surface area contributed by atoms with Gasteiger partial charge in [-0.3, -0.25) is 9.52 Å². The summed E-state index contributed by atoms with van der Waals surface area (Å²) < 4.78 is 34.4. The van der Waals surface area contributed by atoms with E-state index in [0.717, 1.165) is 54.5 Å². The highest BCUT2D eigenvalue weighted by atomic mass is 32.2. The number of nitrogens with one attached hydrogen (secondary N) is 1. The minimum absolute atomic E-state index is 0.0736.